The maximum absolute atomic E-state index is 12.1. The lowest BCUT2D eigenvalue weighted by Gasteiger charge is -2.08. The molecule has 0 fully saturated rings. The molecule has 0 aliphatic carbocycles. The van der Waals surface area contributed by atoms with Crippen LogP contribution in [0.4, 0.5) is 5.69 Å². The highest BCUT2D eigenvalue weighted by Gasteiger charge is 2.08. The smallest absolute Gasteiger partial charge is 0.187 e. The predicted octanol–water partition coefficient (Wildman–Crippen LogP) is 4.12. The molecule has 22 heavy (non-hydrogen) atoms. The number of nitrogens with one attached hydrogen (secondary N) is 1. The Hall–Kier alpha value is -2.02. The number of hydrogen-bond donors (Lipinski definition) is 1. The summed E-state index contributed by atoms with van der Waals surface area (Å²) >= 11 is 2.24. The van der Waals surface area contributed by atoms with Gasteiger partial charge in [0.05, 0.1) is 14.2 Å². The van der Waals surface area contributed by atoms with Crippen molar-refractivity contribution in [1.29, 1.82) is 0 Å². The third-order valence-corrected chi connectivity index (χ3v) is 3.72. The van der Waals surface area contributed by atoms with E-state index in [0.29, 0.717) is 17.1 Å². The number of rotatable bonds is 6. The van der Waals surface area contributed by atoms with Gasteiger partial charge in [-0.25, -0.2) is 0 Å². The fourth-order valence-electron chi connectivity index (χ4n) is 1.85. The number of methoxy groups -OCH3 is 2. The molecule has 2 aromatic carbocycles. The molecule has 0 unspecified atom stereocenters. The van der Waals surface area contributed by atoms with Crippen LogP contribution in [-0.4, -0.2) is 20.0 Å². The van der Waals surface area contributed by atoms with Gasteiger partial charge in [-0.1, -0.05) is 0 Å². The molecular weight excluding hydrogens is 393 g/mol. The number of carbonyl (C=O) groups excluding carboxylic acids is 1. The van der Waals surface area contributed by atoms with Gasteiger partial charge in [0.25, 0.3) is 0 Å². The summed E-state index contributed by atoms with van der Waals surface area (Å²) in [5, 5.41) is 3.06. The highest BCUT2D eigenvalue weighted by molar-refractivity contribution is 14.1. The molecule has 0 radical (unpaired) electrons. The Kier molecular flexibility index (Phi) is 5.83. The van der Waals surface area contributed by atoms with Crippen LogP contribution in [0.5, 0.6) is 11.5 Å². The zero-order valence-electron chi connectivity index (χ0n) is 12.3. The molecule has 0 saturated carbocycles. The molecule has 0 aromatic heterocycles. The standard InChI is InChI=1S/C17H16INO3/c1-21-16-8-3-12(11-17(16)22-2)15(20)9-10-19-14-6-4-13(18)5-7-14/h3-11,19H,1-2H3/b10-9-. The zero-order valence-corrected chi connectivity index (χ0v) is 14.5. The van der Waals surface area contributed by atoms with Gasteiger partial charge in [0.1, 0.15) is 0 Å². The molecule has 0 spiro atoms. The van der Waals surface area contributed by atoms with Gasteiger partial charge in [0, 0.05) is 27.1 Å². The minimum atomic E-state index is -0.112. The molecule has 0 saturated heterocycles. The van der Waals surface area contributed by atoms with Crippen LogP contribution in [0.15, 0.2) is 54.7 Å². The summed E-state index contributed by atoms with van der Waals surface area (Å²) in [6, 6.07) is 13.0. The van der Waals surface area contributed by atoms with Gasteiger partial charge in [-0.15, -0.1) is 0 Å². The first kappa shape index (κ1) is 16.4. The summed E-state index contributed by atoms with van der Waals surface area (Å²) in [6.45, 7) is 0. The first-order valence-corrected chi connectivity index (χ1v) is 7.67. The van der Waals surface area contributed by atoms with Gasteiger partial charge < -0.3 is 14.8 Å². The van der Waals surface area contributed by atoms with Gasteiger partial charge in [-0.2, -0.15) is 0 Å². The van der Waals surface area contributed by atoms with Crippen molar-refractivity contribution in [3.05, 3.63) is 63.9 Å². The number of hydrogen-bond acceptors (Lipinski definition) is 4. The lowest BCUT2D eigenvalue weighted by molar-refractivity contribution is 0.104. The fraction of sp³-hybridized carbons (Fsp3) is 0.118. The van der Waals surface area contributed by atoms with E-state index in [2.05, 4.69) is 27.9 Å². The Morgan fingerprint density at radius 3 is 2.36 bits per heavy atom. The SMILES string of the molecule is COc1ccc(C(=O)/C=C\Nc2ccc(I)cc2)cc1OC. The second-order valence-electron chi connectivity index (χ2n) is 4.42. The Bertz CT molecular complexity index is 681. The summed E-state index contributed by atoms with van der Waals surface area (Å²) < 4.78 is 11.5. The third-order valence-electron chi connectivity index (χ3n) is 3.00. The van der Waals surface area contributed by atoms with E-state index in [1.807, 2.05) is 24.3 Å². The van der Waals surface area contributed by atoms with Gasteiger partial charge in [0.2, 0.25) is 0 Å². The van der Waals surface area contributed by atoms with Gasteiger partial charge in [-0.3, -0.25) is 4.79 Å². The van der Waals surface area contributed by atoms with E-state index in [4.69, 9.17) is 9.47 Å². The molecule has 0 aliphatic rings. The number of benzene rings is 2. The van der Waals surface area contributed by atoms with Crippen LogP contribution < -0.4 is 14.8 Å². The van der Waals surface area contributed by atoms with E-state index in [9.17, 15) is 4.79 Å². The van der Waals surface area contributed by atoms with Crippen molar-refractivity contribution in [2.24, 2.45) is 0 Å². The topological polar surface area (TPSA) is 47.6 Å². The maximum atomic E-state index is 12.1. The van der Waals surface area contributed by atoms with Crippen LogP contribution in [0, 0.1) is 3.57 Å². The van der Waals surface area contributed by atoms with Crippen LogP contribution >= 0.6 is 22.6 Å². The number of carbonyl (C=O) groups is 1. The predicted molar refractivity (Wildman–Crippen MR) is 95.8 cm³/mol. The van der Waals surface area contributed by atoms with Crippen LogP contribution in [-0.2, 0) is 0 Å². The molecular formula is C17H16INO3. The first-order valence-electron chi connectivity index (χ1n) is 6.59. The molecule has 0 heterocycles. The molecule has 0 amide bonds. The fourth-order valence-corrected chi connectivity index (χ4v) is 2.20. The normalized spacial score (nSPS) is 10.5. The Balaban J connectivity index is 2.05. The average Bonchev–Trinajstić information content (AvgIpc) is 2.55. The molecule has 0 bridgehead atoms. The molecule has 2 rings (SSSR count). The monoisotopic (exact) mass is 409 g/mol. The number of ether oxygens (including phenoxy) is 2. The van der Waals surface area contributed by atoms with Crippen LogP contribution in [0.25, 0.3) is 0 Å². The first-order chi connectivity index (χ1) is 10.6. The van der Waals surface area contributed by atoms with Crippen LogP contribution in [0.1, 0.15) is 10.4 Å². The molecule has 1 N–H and O–H groups in total. The van der Waals surface area contributed by atoms with Crippen molar-refractivity contribution in [3.63, 3.8) is 0 Å². The van der Waals surface area contributed by atoms with Crippen molar-refractivity contribution >= 4 is 34.1 Å². The summed E-state index contributed by atoms with van der Waals surface area (Å²) in [4.78, 5) is 12.1. The van der Waals surface area contributed by atoms with E-state index < -0.39 is 0 Å². The maximum Gasteiger partial charge on any atom is 0.187 e. The second-order valence-corrected chi connectivity index (χ2v) is 5.66. The van der Waals surface area contributed by atoms with Crippen molar-refractivity contribution in [1.82, 2.24) is 0 Å². The van der Waals surface area contributed by atoms with Crippen LogP contribution in [0.2, 0.25) is 0 Å². The van der Waals surface area contributed by atoms with Crippen molar-refractivity contribution in [2.45, 2.75) is 0 Å². The Labute approximate surface area is 143 Å². The molecule has 4 nitrogen and oxygen atoms in total. The van der Waals surface area contributed by atoms with E-state index in [1.165, 1.54) is 6.08 Å². The van der Waals surface area contributed by atoms with E-state index in [1.54, 1.807) is 38.6 Å². The summed E-state index contributed by atoms with van der Waals surface area (Å²) in [5.41, 5.74) is 1.47. The summed E-state index contributed by atoms with van der Waals surface area (Å²) in [7, 11) is 3.10. The summed E-state index contributed by atoms with van der Waals surface area (Å²) in [5.74, 6) is 1.02. The number of ketones is 1. The minimum absolute atomic E-state index is 0.112. The van der Waals surface area contributed by atoms with Crippen LogP contribution in [0.3, 0.4) is 0 Å². The molecule has 114 valence electrons. The number of allylic oxidation sites excluding steroid dienone is 1. The van der Waals surface area contributed by atoms with E-state index in [0.717, 1.165) is 9.26 Å². The van der Waals surface area contributed by atoms with Gasteiger partial charge >= 0.3 is 0 Å². The largest absolute Gasteiger partial charge is 0.493 e. The average molecular weight is 409 g/mol. The number of halogens is 1. The Morgan fingerprint density at radius 1 is 1.05 bits per heavy atom. The Morgan fingerprint density at radius 2 is 1.73 bits per heavy atom. The van der Waals surface area contributed by atoms with Crippen molar-refractivity contribution < 1.29 is 14.3 Å². The van der Waals surface area contributed by atoms with Crippen molar-refractivity contribution in [2.75, 3.05) is 19.5 Å². The van der Waals surface area contributed by atoms with Gasteiger partial charge in [0.15, 0.2) is 17.3 Å². The van der Waals surface area contributed by atoms with Crippen molar-refractivity contribution in [3.8, 4) is 11.5 Å². The second kappa shape index (κ2) is 7.84. The molecule has 0 aliphatic heterocycles. The minimum Gasteiger partial charge on any atom is -0.493 e. The third kappa shape index (κ3) is 4.24. The highest BCUT2D eigenvalue weighted by atomic mass is 127. The quantitative estimate of drug-likeness (QED) is 0.443. The van der Waals surface area contributed by atoms with Gasteiger partial charge in [-0.05, 0) is 65.1 Å². The lowest BCUT2D eigenvalue weighted by atomic mass is 10.1. The molecule has 2 aromatic rings. The number of anilines is 1. The zero-order chi connectivity index (χ0) is 15.9. The summed E-state index contributed by atoms with van der Waals surface area (Å²) in [6.07, 6.45) is 3.11. The molecule has 5 heteroatoms. The van der Waals surface area contributed by atoms with E-state index >= 15 is 0 Å². The highest BCUT2D eigenvalue weighted by Crippen LogP contribution is 2.27. The lowest BCUT2D eigenvalue weighted by Crippen LogP contribution is -1.98. The molecule has 0 atom stereocenters. The van der Waals surface area contributed by atoms with E-state index in [-0.39, 0.29) is 5.78 Å².